The van der Waals surface area contributed by atoms with Crippen molar-refractivity contribution in [3.63, 3.8) is 0 Å². The van der Waals surface area contributed by atoms with Crippen molar-refractivity contribution in [1.29, 1.82) is 0 Å². The molecule has 0 aliphatic carbocycles. The molecule has 0 bridgehead atoms. The Kier molecular flexibility index (Phi) is 4.88. The van der Waals surface area contributed by atoms with Gasteiger partial charge in [0.2, 0.25) is 0 Å². The van der Waals surface area contributed by atoms with E-state index < -0.39 is 26.2 Å². The van der Waals surface area contributed by atoms with Crippen LogP contribution in [0.4, 0.5) is 4.79 Å². The number of nitrogens with one attached hydrogen (secondary N) is 1. The van der Waals surface area contributed by atoms with Gasteiger partial charge in [-0.1, -0.05) is 25.6 Å². The largest absolute Gasteiger partial charge is 0.479 e. The van der Waals surface area contributed by atoms with Crippen LogP contribution in [0.25, 0.3) is 0 Å². The first-order chi connectivity index (χ1) is 6.76. The topological polar surface area (TPSA) is 75.6 Å². The Balaban J connectivity index is 4.61. The summed E-state index contributed by atoms with van der Waals surface area (Å²) in [5.74, 6) is 1.34. The number of rotatable bonds is 2. The number of alkyl carbamates (subject to hydrolysis) is 1. The number of hydrogen-bond acceptors (Lipinski definition) is 3. The predicted molar refractivity (Wildman–Crippen MR) is 58.1 cm³/mol. The average molecular weight is 229 g/mol. The minimum Gasteiger partial charge on any atom is -0.479 e. The van der Waals surface area contributed by atoms with Crippen LogP contribution in [0.3, 0.4) is 0 Å². The van der Waals surface area contributed by atoms with Crippen LogP contribution in [-0.2, 0) is 9.53 Å². The molecule has 0 aromatic rings. The zero-order chi connectivity index (χ0) is 12.1. The quantitative estimate of drug-likeness (QED) is 0.539. The first-order valence-electron chi connectivity index (χ1n) is 4.36. The van der Waals surface area contributed by atoms with Gasteiger partial charge in [-0.05, 0) is 0 Å². The molecule has 2 N–H and O–H groups in total. The van der Waals surface area contributed by atoms with Crippen LogP contribution in [-0.4, -0.2) is 38.4 Å². The van der Waals surface area contributed by atoms with Gasteiger partial charge in [0.25, 0.3) is 0 Å². The van der Waals surface area contributed by atoms with Gasteiger partial charge in [-0.25, -0.2) is 9.59 Å². The van der Waals surface area contributed by atoms with E-state index in [0.29, 0.717) is 0 Å². The molecule has 1 amide bonds. The number of carboxylic acids is 1. The lowest BCUT2D eigenvalue weighted by Crippen LogP contribution is -2.40. The zero-order valence-electron chi connectivity index (χ0n) is 9.25. The molecular formula is C9H15NO4Si. The Morgan fingerprint density at radius 1 is 1.40 bits per heavy atom. The molecular weight excluding hydrogens is 214 g/mol. The summed E-state index contributed by atoms with van der Waals surface area (Å²) in [6, 6.07) is -1.20. The Hall–Kier alpha value is -1.48. The van der Waals surface area contributed by atoms with Crippen LogP contribution in [0.1, 0.15) is 0 Å². The highest BCUT2D eigenvalue weighted by molar-refractivity contribution is 6.83. The maximum Gasteiger partial charge on any atom is 0.408 e. The Morgan fingerprint density at radius 3 is 2.27 bits per heavy atom. The predicted octanol–water partition coefficient (Wildman–Crippen LogP) is 0.676. The van der Waals surface area contributed by atoms with Crippen molar-refractivity contribution in [2.45, 2.75) is 25.7 Å². The first kappa shape index (κ1) is 13.5. The smallest absolute Gasteiger partial charge is 0.408 e. The number of hydrogen-bond donors (Lipinski definition) is 2. The van der Waals surface area contributed by atoms with E-state index in [4.69, 9.17) is 5.11 Å². The average Bonchev–Trinajstić information content (AvgIpc) is 2.09. The number of ether oxygens (including phenoxy) is 1. The maximum atomic E-state index is 10.8. The van der Waals surface area contributed by atoms with Crippen molar-refractivity contribution in [1.82, 2.24) is 5.32 Å². The van der Waals surface area contributed by atoms with Gasteiger partial charge >= 0.3 is 12.1 Å². The molecule has 0 aromatic carbocycles. The summed E-state index contributed by atoms with van der Waals surface area (Å²) in [6.45, 7) is 5.95. The molecule has 0 rings (SSSR count). The fourth-order valence-electron chi connectivity index (χ4n) is 0.625. The molecule has 0 heterocycles. The molecule has 0 aliphatic heterocycles. The standard InChI is InChI=1S/C9H15NO4Si/c1-14-9(13)10-7(8(11)12)5-6-15(2,3)4/h7H,1-4H3,(H,10,13)(H,11,12). The maximum absolute atomic E-state index is 10.8. The molecule has 0 saturated heterocycles. The normalized spacial score (nSPS) is 12.0. The van der Waals surface area contributed by atoms with Gasteiger partial charge in [0.15, 0.2) is 6.04 Å². The van der Waals surface area contributed by atoms with Crippen LogP contribution in [0, 0.1) is 11.5 Å². The number of carbonyl (C=O) groups is 2. The minimum atomic E-state index is -1.64. The molecule has 1 atom stereocenters. The van der Waals surface area contributed by atoms with E-state index in [2.05, 4.69) is 21.5 Å². The second-order valence-corrected chi connectivity index (χ2v) is 8.68. The number of methoxy groups -OCH3 is 1. The van der Waals surface area contributed by atoms with Crippen LogP contribution in [0.15, 0.2) is 0 Å². The van der Waals surface area contributed by atoms with Gasteiger partial charge in [-0.15, -0.1) is 5.54 Å². The highest BCUT2D eigenvalue weighted by Crippen LogP contribution is 1.97. The van der Waals surface area contributed by atoms with Gasteiger partial charge in [0, 0.05) is 0 Å². The molecule has 1 unspecified atom stereocenters. The molecule has 0 aliphatic rings. The summed E-state index contributed by atoms with van der Waals surface area (Å²) in [5, 5.41) is 10.9. The number of carbonyl (C=O) groups excluding carboxylic acids is 1. The number of carboxylic acid groups (broad SMARTS) is 1. The minimum absolute atomic E-state index is 0.799. The van der Waals surface area contributed by atoms with Crippen molar-refractivity contribution in [3.05, 3.63) is 0 Å². The van der Waals surface area contributed by atoms with Crippen molar-refractivity contribution >= 4 is 20.1 Å². The lowest BCUT2D eigenvalue weighted by molar-refractivity contribution is -0.137. The zero-order valence-corrected chi connectivity index (χ0v) is 10.2. The molecule has 0 radical (unpaired) electrons. The Morgan fingerprint density at radius 2 is 1.93 bits per heavy atom. The highest BCUT2D eigenvalue weighted by atomic mass is 28.3. The SMILES string of the molecule is COC(=O)NC(C#C[Si](C)(C)C)C(=O)O. The first-order valence-corrected chi connectivity index (χ1v) is 7.86. The van der Waals surface area contributed by atoms with Crippen LogP contribution < -0.4 is 5.32 Å². The third-order valence-corrected chi connectivity index (χ3v) is 2.18. The summed E-state index contributed by atoms with van der Waals surface area (Å²) in [6.07, 6.45) is -0.799. The number of aliphatic carboxylic acids is 1. The van der Waals surface area contributed by atoms with E-state index in [1.54, 1.807) is 0 Å². The van der Waals surface area contributed by atoms with Crippen LogP contribution in [0.5, 0.6) is 0 Å². The molecule has 0 fully saturated rings. The van der Waals surface area contributed by atoms with Gasteiger partial charge < -0.3 is 9.84 Å². The van der Waals surface area contributed by atoms with Crippen molar-refractivity contribution in [3.8, 4) is 11.5 Å². The summed E-state index contributed by atoms with van der Waals surface area (Å²) in [4.78, 5) is 21.5. The summed E-state index contributed by atoms with van der Waals surface area (Å²) >= 11 is 0. The summed E-state index contributed by atoms with van der Waals surface area (Å²) in [7, 11) is -0.477. The summed E-state index contributed by atoms with van der Waals surface area (Å²) in [5.41, 5.74) is 2.87. The van der Waals surface area contributed by atoms with E-state index >= 15 is 0 Å². The third-order valence-electron chi connectivity index (χ3n) is 1.29. The molecule has 0 saturated carbocycles. The van der Waals surface area contributed by atoms with Gasteiger partial charge in [-0.3, -0.25) is 5.32 Å². The fraction of sp³-hybridized carbons (Fsp3) is 0.556. The lowest BCUT2D eigenvalue weighted by atomic mass is 10.3. The molecule has 0 aromatic heterocycles. The van der Waals surface area contributed by atoms with Gasteiger partial charge in [-0.2, -0.15) is 0 Å². The molecule has 0 spiro atoms. The van der Waals surface area contributed by atoms with Gasteiger partial charge in [0.05, 0.1) is 7.11 Å². The fourth-order valence-corrected chi connectivity index (χ4v) is 1.20. The van der Waals surface area contributed by atoms with Crippen molar-refractivity contribution < 1.29 is 19.4 Å². The van der Waals surface area contributed by atoms with Gasteiger partial charge in [0.1, 0.15) is 8.07 Å². The van der Waals surface area contributed by atoms with E-state index in [0.717, 1.165) is 0 Å². The lowest BCUT2D eigenvalue weighted by Gasteiger charge is -2.09. The Bertz CT molecular complexity index is 310. The summed E-state index contributed by atoms with van der Waals surface area (Å²) < 4.78 is 4.29. The second-order valence-electron chi connectivity index (χ2n) is 3.93. The molecule has 15 heavy (non-hydrogen) atoms. The van der Waals surface area contributed by atoms with E-state index in [1.807, 2.05) is 19.6 Å². The molecule has 6 heteroatoms. The van der Waals surface area contributed by atoms with Crippen LogP contribution in [0.2, 0.25) is 19.6 Å². The number of amides is 1. The Labute approximate surface area is 89.8 Å². The monoisotopic (exact) mass is 229 g/mol. The second kappa shape index (κ2) is 5.41. The van der Waals surface area contributed by atoms with Crippen LogP contribution >= 0.6 is 0 Å². The van der Waals surface area contributed by atoms with Crippen molar-refractivity contribution in [2.24, 2.45) is 0 Å². The molecule has 84 valence electrons. The van der Waals surface area contributed by atoms with E-state index in [9.17, 15) is 9.59 Å². The van der Waals surface area contributed by atoms with E-state index in [1.165, 1.54) is 7.11 Å². The van der Waals surface area contributed by atoms with E-state index in [-0.39, 0.29) is 0 Å². The third kappa shape index (κ3) is 6.57. The molecule has 5 nitrogen and oxygen atoms in total. The highest BCUT2D eigenvalue weighted by Gasteiger charge is 2.18. The van der Waals surface area contributed by atoms with Crippen molar-refractivity contribution in [2.75, 3.05) is 7.11 Å².